The van der Waals surface area contributed by atoms with Crippen molar-refractivity contribution < 1.29 is 32.3 Å². The Bertz CT molecular complexity index is 491. The lowest BCUT2D eigenvalue weighted by atomic mass is 10.1. The standard InChI is InChI=1S/C11H9F4NO3/c12-9(13)11(14,15)10(19)16-7-4-2-1-3-6(7)5-8(17)18/h1-4,9H,5H2,(H,16,19)(H,17,18). The predicted octanol–water partition coefficient (Wildman–Crippen LogP) is 2.15. The molecule has 0 aliphatic rings. The number of nitrogens with one attached hydrogen (secondary N) is 1. The molecule has 2 N–H and O–H groups in total. The summed E-state index contributed by atoms with van der Waals surface area (Å²) in [4.78, 5) is 21.6. The van der Waals surface area contributed by atoms with Crippen molar-refractivity contribution in [3.63, 3.8) is 0 Å². The Morgan fingerprint density at radius 1 is 1.26 bits per heavy atom. The summed E-state index contributed by atoms with van der Waals surface area (Å²) in [5, 5.41) is 10.2. The predicted molar refractivity (Wildman–Crippen MR) is 57.4 cm³/mol. The van der Waals surface area contributed by atoms with Crippen LogP contribution in [0.3, 0.4) is 0 Å². The molecule has 1 aromatic rings. The molecule has 1 amide bonds. The normalized spacial score (nSPS) is 11.4. The fourth-order valence-corrected chi connectivity index (χ4v) is 1.26. The lowest BCUT2D eigenvalue weighted by Gasteiger charge is -2.16. The van der Waals surface area contributed by atoms with Gasteiger partial charge >= 0.3 is 24.2 Å². The molecule has 0 aromatic heterocycles. The molecule has 0 bridgehead atoms. The monoisotopic (exact) mass is 279 g/mol. The highest BCUT2D eigenvalue weighted by molar-refractivity contribution is 5.97. The maximum absolute atomic E-state index is 12.7. The number of aliphatic carboxylic acids is 1. The van der Waals surface area contributed by atoms with Crippen LogP contribution in [0.15, 0.2) is 24.3 Å². The number of carboxylic acids is 1. The van der Waals surface area contributed by atoms with Crippen molar-refractivity contribution in [1.82, 2.24) is 0 Å². The van der Waals surface area contributed by atoms with E-state index in [1.165, 1.54) is 18.2 Å². The number of hydrogen-bond acceptors (Lipinski definition) is 2. The van der Waals surface area contributed by atoms with E-state index in [1.807, 2.05) is 0 Å². The molecule has 0 fully saturated rings. The first-order valence-corrected chi connectivity index (χ1v) is 5.02. The number of carbonyl (C=O) groups excluding carboxylic acids is 1. The first-order chi connectivity index (χ1) is 8.75. The number of benzene rings is 1. The topological polar surface area (TPSA) is 66.4 Å². The molecule has 0 aliphatic heterocycles. The lowest BCUT2D eigenvalue weighted by molar-refractivity contribution is -0.163. The second-order valence-corrected chi connectivity index (χ2v) is 3.61. The van der Waals surface area contributed by atoms with Crippen molar-refractivity contribution in [1.29, 1.82) is 0 Å². The number of para-hydroxylation sites is 1. The minimum atomic E-state index is -4.84. The second-order valence-electron chi connectivity index (χ2n) is 3.61. The maximum atomic E-state index is 12.7. The number of rotatable bonds is 5. The highest BCUT2D eigenvalue weighted by atomic mass is 19.3. The zero-order chi connectivity index (χ0) is 14.6. The van der Waals surface area contributed by atoms with E-state index < -0.39 is 30.6 Å². The van der Waals surface area contributed by atoms with E-state index in [-0.39, 0.29) is 11.3 Å². The number of carboxylic acid groups (broad SMARTS) is 1. The Labute approximate surface area is 105 Å². The largest absolute Gasteiger partial charge is 0.481 e. The average molecular weight is 279 g/mol. The van der Waals surface area contributed by atoms with Crippen LogP contribution in [0.1, 0.15) is 5.56 Å². The summed E-state index contributed by atoms with van der Waals surface area (Å²) in [5.74, 6) is -8.27. The number of alkyl halides is 4. The molecular weight excluding hydrogens is 270 g/mol. The molecule has 1 aromatic carbocycles. The van der Waals surface area contributed by atoms with Gasteiger partial charge in [0, 0.05) is 5.69 Å². The van der Waals surface area contributed by atoms with Crippen molar-refractivity contribution in [3.05, 3.63) is 29.8 Å². The molecule has 0 atom stereocenters. The molecule has 0 heterocycles. The highest BCUT2D eigenvalue weighted by Crippen LogP contribution is 2.25. The van der Waals surface area contributed by atoms with E-state index in [0.717, 1.165) is 6.07 Å². The number of anilines is 1. The molecule has 0 spiro atoms. The lowest BCUT2D eigenvalue weighted by Crippen LogP contribution is -2.41. The van der Waals surface area contributed by atoms with E-state index in [1.54, 1.807) is 5.32 Å². The van der Waals surface area contributed by atoms with E-state index in [2.05, 4.69) is 0 Å². The maximum Gasteiger partial charge on any atom is 0.383 e. The van der Waals surface area contributed by atoms with Gasteiger partial charge in [0.15, 0.2) is 0 Å². The first kappa shape index (κ1) is 14.9. The zero-order valence-electron chi connectivity index (χ0n) is 9.37. The third kappa shape index (κ3) is 3.67. The Kier molecular flexibility index (Phi) is 4.47. The Morgan fingerprint density at radius 2 is 1.84 bits per heavy atom. The van der Waals surface area contributed by atoms with Gasteiger partial charge in [0.2, 0.25) is 0 Å². The summed E-state index contributed by atoms with van der Waals surface area (Å²) in [6.45, 7) is 0. The third-order valence-corrected chi connectivity index (χ3v) is 2.18. The minimum Gasteiger partial charge on any atom is -0.481 e. The summed E-state index contributed by atoms with van der Waals surface area (Å²) in [5.41, 5.74) is -0.205. The molecule has 0 saturated carbocycles. The van der Waals surface area contributed by atoms with Crippen LogP contribution >= 0.6 is 0 Å². The molecule has 4 nitrogen and oxygen atoms in total. The van der Waals surface area contributed by atoms with Crippen LogP contribution in [0, 0.1) is 0 Å². The van der Waals surface area contributed by atoms with Crippen LogP contribution in [0.4, 0.5) is 23.2 Å². The van der Waals surface area contributed by atoms with Crippen molar-refractivity contribution in [3.8, 4) is 0 Å². The Morgan fingerprint density at radius 3 is 2.37 bits per heavy atom. The van der Waals surface area contributed by atoms with Gasteiger partial charge in [-0.15, -0.1) is 0 Å². The van der Waals surface area contributed by atoms with Gasteiger partial charge in [0.1, 0.15) is 0 Å². The van der Waals surface area contributed by atoms with Gasteiger partial charge in [-0.3, -0.25) is 9.59 Å². The fourth-order valence-electron chi connectivity index (χ4n) is 1.26. The van der Waals surface area contributed by atoms with Gasteiger partial charge in [-0.25, -0.2) is 8.78 Å². The summed E-state index contributed by atoms with van der Waals surface area (Å²) in [6.07, 6.45) is -4.67. The van der Waals surface area contributed by atoms with Crippen LogP contribution < -0.4 is 5.32 Å². The molecule has 19 heavy (non-hydrogen) atoms. The fraction of sp³-hybridized carbons (Fsp3) is 0.273. The van der Waals surface area contributed by atoms with Crippen LogP contribution in [-0.2, 0) is 16.0 Å². The summed E-state index contributed by atoms with van der Waals surface area (Å²) in [7, 11) is 0. The molecule has 8 heteroatoms. The number of carbonyl (C=O) groups is 2. The molecule has 104 valence electrons. The summed E-state index contributed by atoms with van der Waals surface area (Å²) >= 11 is 0. The van der Waals surface area contributed by atoms with Crippen molar-refractivity contribution >= 4 is 17.6 Å². The Hall–Kier alpha value is -2.12. The van der Waals surface area contributed by atoms with Crippen LogP contribution in [0.5, 0.6) is 0 Å². The van der Waals surface area contributed by atoms with E-state index in [0.29, 0.717) is 0 Å². The smallest absolute Gasteiger partial charge is 0.383 e. The minimum absolute atomic E-state index is 0.0356. The number of hydrogen-bond donors (Lipinski definition) is 2. The highest BCUT2D eigenvalue weighted by Gasteiger charge is 2.49. The summed E-state index contributed by atoms with van der Waals surface area (Å²) in [6, 6.07) is 5.21. The molecule has 1 rings (SSSR count). The van der Waals surface area contributed by atoms with Gasteiger partial charge in [-0.05, 0) is 11.6 Å². The zero-order valence-corrected chi connectivity index (χ0v) is 9.37. The molecule has 0 unspecified atom stereocenters. The van der Waals surface area contributed by atoms with Gasteiger partial charge in [-0.1, -0.05) is 18.2 Å². The first-order valence-electron chi connectivity index (χ1n) is 5.02. The second kappa shape index (κ2) is 5.68. The van der Waals surface area contributed by atoms with E-state index in [4.69, 9.17) is 5.11 Å². The van der Waals surface area contributed by atoms with Crippen molar-refractivity contribution in [2.45, 2.75) is 18.8 Å². The molecule has 0 saturated heterocycles. The van der Waals surface area contributed by atoms with Crippen LogP contribution in [0.2, 0.25) is 0 Å². The molecule has 0 aliphatic carbocycles. The van der Waals surface area contributed by atoms with E-state index in [9.17, 15) is 27.2 Å². The average Bonchev–Trinajstić information content (AvgIpc) is 2.30. The van der Waals surface area contributed by atoms with Gasteiger partial charge in [-0.2, -0.15) is 8.78 Å². The van der Waals surface area contributed by atoms with Gasteiger partial charge in [0.05, 0.1) is 6.42 Å². The SMILES string of the molecule is O=C(O)Cc1ccccc1NC(=O)C(F)(F)C(F)F. The molecular formula is C11H9F4NO3. The van der Waals surface area contributed by atoms with Gasteiger partial charge in [0.25, 0.3) is 0 Å². The van der Waals surface area contributed by atoms with Crippen molar-refractivity contribution in [2.75, 3.05) is 5.32 Å². The quantitative estimate of drug-likeness (QED) is 0.812. The number of amides is 1. The third-order valence-electron chi connectivity index (χ3n) is 2.18. The van der Waals surface area contributed by atoms with Crippen molar-refractivity contribution in [2.24, 2.45) is 0 Å². The van der Waals surface area contributed by atoms with Crippen LogP contribution in [-0.4, -0.2) is 29.3 Å². The number of halogens is 4. The van der Waals surface area contributed by atoms with Crippen LogP contribution in [0.25, 0.3) is 0 Å². The summed E-state index contributed by atoms with van der Waals surface area (Å²) < 4.78 is 49.4. The van der Waals surface area contributed by atoms with E-state index >= 15 is 0 Å². The Balaban J connectivity index is 2.94. The van der Waals surface area contributed by atoms with Gasteiger partial charge < -0.3 is 10.4 Å². The molecule has 0 radical (unpaired) electrons.